The van der Waals surface area contributed by atoms with Gasteiger partial charge in [-0.25, -0.2) is 9.97 Å². The number of nitrogens with two attached hydrogens (primary N) is 1. The van der Waals surface area contributed by atoms with Crippen LogP contribution in [-0.4, -0.2) is 16.6 Å². The third-order valence-electron chi connectivity index (χ3n) is 2.53. The highest BCUT2D eigenvalue weighted by molar-refractivity contribution is 6.32. The Morgan fingerprint density at radius 3 is 2.83 bits per heavy atom. The molecule has 2 aromatic rings. The molecule has 0 saturated heterocycles. The fraction of sp³-hybridized carbons (Fsp3) is 0.231. The van der Waals surface area contributed by atoms with Crippen molar-refractivity contribution in [1.29, 1.82) is 0 Å². The molecule has 0 unspecified atom stereocenters. The molecule has 1 heterocycles. The van der Waals surface area contributed by atoms with Crippen LogP contribution in [0.5, 0.6) is 5.75 Å². The van der Waals surface area contributed by atoms with Gasteiger partial charge in [-0.15, -0.1) is 0 Å². The van der Waals surface area contributed by atoms with E-state index in [0.717, 1.165) is 16.8 Å². The van der Waals surface area contributed by atoms with Crippen molar-refractivity contribution in [2.45, 2.75) is 13.8 Å². The first-order chi connectivity index (χ1) is 8.61. The maximum atomic E-state index is 6.17. The molecule has 0 saturated carbocycles. The van der Waals surface area contributed by atoms with E-state index in [0.29, 0.717) is 17.4 Å². The molecule has 0 bridgehead atoms. The Bertz CT molecular complexity index is 572. The van der Waals surface area contributed by atoms with E-state index in [4.69, 9.17) is 22.1 Å². The van der Waals surface area contributed by atoms with Crippen molar-refractivity contribution in [2.75, 3.05) is 12.3 Å². The fourth-order valence-corrected chi connectivity index (χ4v) is 1.94. The van der Waals surface area contributed by atoms with Gasteiger partial charge in [0.1, 0.15) is 5.75 Å². The summed E-state index contributed by atoms with van der Waals surface area (Å²) < 4.78 is 5.44. The van der Waals surface area contributed by atoms with E-state index in [-0.39, 0.29) is 5.95 Å². The zero-order valence-electron chi connectivity index (χ0n) is 10.3. The monoisotopic (exact) mass is 263 g/mol. The standard InChI is InChI=1S/C13H14ClN3O/c1-3-18-12-6-8(2)9(7-10(12)14)11-4-5-16-13(15)17-11/h4-7H,3H2,1-2H3,(H2,15,16,17). The van der Waals surface area contributed by atoms with Gasteiger partial charge in [0.05, 0.1) is 17.3 Å². The molecule has 2 N–H and O–H groups in total. The Hall–Kier alpha value is -1.81. The van der Waals surface area contributed by atoms with Crippen molar-refractivity contribution in [1.82, 2.24) is 9.97 Å². The summed E-state index contributed by atoms with van der Waals surface area (Å²) in [5, 5.41) is 0.564. The van der Waals surface area contributed by atoms with E-state index in [1.54, 1.807) is 12.3 Å². The number of halogens is 1. The van der Waals surface area contributed by atoms with Crippen LogP contribution >= 0.6 is 11.6 Å². The first-order valence-corrected chi connectivity index (χ1v) is 6.01. The van der Waals surface area contributed by atoms with Gasteiger partial charge in [-0.1, -0.05) is 11.6 Å². The van der Waals surface area contributed by atoms with Crippen molar-refractivity contribution in [3.63, 3.8) is 0 Å². The van der Waals surface area contributed by atoms with Crippen LogP contribution in [0.1, 0.15) is 12.5 Å². The number of nitrogens with zero attached hydrogens (tertiary/aromatic N) is 2. The van der Waals surface area contributed by atoms with Crippen LogP contribution in [0, 0.1) is 6.92 Å². The molecular formula is C13H14ClN3O. The summed E-state index contributed by atoms with van der Waals surface area (Å²) in [6.45, 7) is 4.48. The van der Waals surface area contributed by atoms with E-state index >= 15 is 0 Å². The third-order valence-corrected chi connectivity index (χ3v) is 2.82. The molecule has 0 spiro atoms. The Kier molecular flexibility index (Phi) is 3.67. The molecule has 0 aliphatic carbocycles. The highest BCUT2D eigenvalue weighted by atomic mass is 35.5. The lowest BCUT2D eigenvalue weighted by atomic mass is 10.1. The third kappa shape index (κ3) is 2.54. The van der Waals surface area contributed by atoms with Crippen LogP contribution in [-0.2, 0) is 0 Å². The van der Waals surface area contributed by atoms with Gasteiger partial charge < -0.3 is 10.5 Å². The zero-order valence-corrected chi connectivity index (χ0v) is 11.0. The lowest BCUT2D eigenvalue weighted by Gasteiger charge is -2.11. The van der Waals surface area contributed by atoms with Crippen molar-refractivity contribution < 1.29 is 4.74 Å². The first-order valence-electron chi connectivity index (χ1n) is 5.63. The highest BCUT2D eigenvalue weighted by Gasteiger charge is 2.10. The average molecular weight is 264 g/mol. The van der Waals surface area contributed by atoms with E-state index in [1.807, 2.05) is 26.0 Å². The zero-order chi connectivity index (χ0) is 13.1. The van der Waals surface area contributed by atoms with Crippen LogP contribution in [0.4, 0.5) is 5.95 Å². The molecule has 0 fully saturated rings. The fourth-order valence-electron chi connectivity index (χ4n) is 1.72. The lowest BCUT2D eigenvalue weighted by molar-refractivity contribution is 0.340. The average Bonchev–Trinajstić information content (AvgIpc) is 2.33. The van der Waals surface area contributed by atoms with Gasteiger partial charge in [0.25, 0.3) is 0 Å². The van der Waals surface area contributed by atoms with Gasteiger partial charge in [-0.05, 0) is 37.6 Å². The predicted octanol–water partition coefficient (Wildman–Crippen LogP) is 3.09. The maximum absolute atomic E-state index is 6.17. The maximum Gasteiger partial charge on any atom is 0.220 e. The Labute approximate surface area is 111 Å². The Morgan fingerprint density at radius 2 is 2.17 bits per heavy atom. The van der Waals surface area contributed by atoms with Crippen molar-refractivity contribution in [2.24, 2.45) is 0 Å². The van der Waals surface area contributed by atoms with Crippen LogP contribution < -0.4 is 10.5 Å². The predicted molar refractivity (Wildman–Crippen MR) is 72.8 cm³/mol. The minimum Gasteiger partial charge on any atom is -0.492 e. The topological polar surface area (TPSA) is 61.0 Å². The summed E-state index contributed by atoms with van der Waals surface area (Å²) in [5.74, 6) is 0.930. The van der Waals surface area contributed by atoms with Gasteiger partial charge in [-0.2, -0.15) is 0 Å². The van der Waals surface area contributed by atoms with E-state index in [2.05, 4.69) is 9.97 Å². The molecule has 0 atom stereocenters. The van der Waals surface area contributed by atoms with Gasteiger partial charge in [0, 0.05) is 11.8 Å². The minimum absolute atomic E-state index is 0.247. The summed E-state index contributed by atoms with van der Waals surface area (Å²) in [4.78, 5) is 8.06. The quantitative estimate of drug-likeness (QED) is 0.924. The van der Waals surface area contributed by atoms with Gasteiger partial charge >= 0.3 is 0 Å². The van der Waals surface area contributed by atoms with Gasteiger partial charge in [0.15, 0.2) is 0 Å². The SMILES string of the molecule is CCOc1cc(C)c(-c2ccnc(N)n2)cc1Cl. The number of rotatable bonds is 3. The molecule has 94 valence electrons. The molecule has 0 aliphatic heterocycles. The van der Waals surface area contributed by atoms with Crippen LogP contribution in [0.2, 0.25) is 5.02 Å². The summed E-state index contributed by atoms with van der Waals surface area (Å²) >= 11 is 6.17. The minimum atomic E-state index is 0.247. The highest BCUT2D eigenvalue weighted by Crippen LogP contribution is 2.32. The molecular weight excluding hydrogens is 250 g/mol. The largest absolute Gasteiger partial charge is 0.492 e. The first kappa shape index (κ1) is 12.6. The summed E-state index contributed by atoms with van der Waals surface area (Å²) in [6, 6.07) is 5.54. The summed E-state index contributed by atoms with van der Waals surface area (Å²) in [7, 11) is 0. The van der Waals surface area contributed by atoms with Crippen molar-refractivity contribution in [3.05, 3.63) is 35.0 Å². The molecule has 0 radical (unpaired) electrons. The molecule has 0 amide bonds. The van der Waals surface area contributed by atoms with E-state index < -0.39 is 0 Å². The van der Waals surface area contributed by atoms with Crippen molar-refractivity contribution in [3.8, 4) is 17.0 Å². The number of aromatic nitrogens is 2. The van der Waals surface area contributed by atoms with Crippen LogP contribution in [0.25, 0.3) is 11.3 Å². The van der Waals surface area contributed by atoms with Gasteiger partial charge in [-0.3, -0.25) is 0 Å². The van der Waals surface area contributed by atoms with E-state index in [9.17, 15) is 0 Å². The second-order valence-corrected chi connectivity index (χ2v) is 4.24. The number of benzene rings is 1. The van der Waals surface area contributed by atoms with Gasteiger partial charge in [0.2, 0.25) is 5.95 Å². The lowest BCUT2D eigenvalue weighted by Crippen LogP contribution is -1.97. The molecule has 2 rings (SSSR count). The van der Waals surface area contributed by atoms with Crippen LogP contribution in [0.15, 0.2) is 24.4 Å². The van der Waals surface area contributed by atoms with Crippen LogP contribution in [0.3, 0.4) is 0 Å². The Balaban J connectivity index is 2.49. The molecule has 1 aromatic carbocycles. The smallest absolute Gasteiger partial charge is 0.220 e. The number of ether oxygens (including phenoxy) is 1. The van der Waals surface area contributed by atoms with E-state index in [1.165, 1.54) is 0 Å². The Morgan fingerprint density at radius 1 is 1.39 bits per heavy atom. The molecule has 5 heteroatoms. The summed E-state index contributed by atoms with van der Waals surface area (Å²) in [5.41, 5.74) is 8.29. The molecule has 1 aromatic heterocycles. The van der Waals surface area contributed by atoms with Crippen molar-refractivity contribution >= 4 is 17.5 Å². The number of anilines is 1. The molecule has 0 aliphatic rings. The molecule has 18 heavy (non-hydrogen) atoms. The number of hydrogen-bond acceptors (Lipinski definition) is 4. The summed E-state index contributed by atoms with van der Waals surface area (Å²) in [6.07, 6.45) is 1.63. The number of nitrogen functional groups attached to an aromatic ring is 1. The second-order valence-electron chi connectivity index (χ2n) is 3.83. The number of hydrogen-bond donors (Lipinski definition) is 1. The second kappa shape index (κ2) is 5.23. The normalized spacial score (nSPS) is 10.4. The number of aryl methyl sites for hydroxylation is 1. The molecule has 4 nitrogen and oxygen atoms in total.